The van der Waals surface area contributed by atoms with Crippen LogP contribution in [0.2, 0.25) is 5.02 Å². The van der Waals surface area contributed by atoms with Gasteiger partial charge in [-0.15, -0.1) is 0 Å². The summed E-state index contributed by atoms with van der Waals surface area (Å²) in [7, 11) is 0. The first-order valence-electron chi connectivity index (χ1n) is 9.35. The van der Waals surface area contributed by atoms with Crippen LogP contribution in [0.4, 0.5) is 13.2 Å². The molecule has 0 aliphatic carbocycles. The van der Waals surface area contributed by atoms with Crippen molar-refractivity contribution in [3.8, 4) is 0 Å². The Morgan fingerprint density at radius 2 is 2.12 bits per heavy atom. The van der Waals surface area contributed by atoms with Gasteiger partial charge in [0, 0.05) is 27.7 Å². The lowest BCUT2D eigenvalue weighted by Gasteiger charge is -2.31. The Morgan fingerprint density at radius 3 is 2.72 bits per heavy atom. The average Bonchev–Trinajstić information content (AvgIpc) is 3.35. The molecule has 32 heavy (non-hydrogen) atoms. The number of rotatable bonds is 4. The minimum atomic E-state index is -4.54. The Labute approximate surface area is 199 Å². The number of halogens is 5. The van der Waals surface area contributed by atoms with E-state index in [0.717, 1.165) is 0 Å². The molecule has 0 radical (unpaired) electrons. The van der Waals surface area contributed by atoms with Crippen LogP contribution in [0, 0.1) is 0 Å². The molecule has 0 spiro atoms. The van der Waals surface area contributed by atoms with Gasteiger partial charge in [0.2, 0.25) is 0 Å². The summed E-state index contributed by atoms with van der Waals surface area (Å²) < 4.78 is 43.1. The summed E-state index contributed by atoms with van der Waals surface area (Å²) in [5.74, 6) is -0.339. The number of nitrogens with one attached hydrogen (secondary N) is 2. The summed E-state index contributed by atoms with van der Waals surface area (Å²) in [5, 5.41) is 3.06. The molecule has 0 saturated carbocycles. The molecule has 2 atom stereocenters. The fourth-order valence-electron chi connectivity index (χ4n) is 3.57. The topological polar surface area (TPSA) is 75.6 Å². The van der Waals surface area contributed by atoms with E-state index in [1.165, 1.54) is 24.4 Å². The molecule has 1 fully saturated rings. The van der Waals surface area contributed by atoms with Crippen molar-refractivity contribution in [3.05, 3.63) is 62.8 Å². The fraction of sp³-hybridized carbons (Fsp3) is 0.300. The number of hydrogen-bond acceptors (Lipinski definition) is 5. The van der Waals surface area contributed by atoms with Crippen LogP contribution in [0.15, 0.2) is 46.0 Å². The normalized spacial score (nSPS) is 23.1. The summed E-state index contributed by atoms with van der Waals surface area (Å²) in [6, 6.07) is 6.84. The number of hydrogen-bond donors (Lipinski definition) is 2. The molecule has 1 aromatic heterocycles. The summed E-state index contributed by atoms with van der Waals surface area (Å²) in [5.41, 5.74) is 1.15. The van der Waals surface area contributed by atoms with Gasteiger partial charge in [0.05, 0.1) is 18.0 Å². The predicted molar refractivity (Wildman–Crippen MR) is 120 cm³/mol. The van der Waals surface area contributed by atoms with Gasteiger partial charge in [-0.1, -0.05) is 39.7 Å². The second-order valence-electron chi connectivity index (χ2n) is 7.41. The van der Waals surface area contributed by atoms with Crippen molar-refractivity contribution in [2.45, 2.75) is 24.1 Å². The van der Waals surface area contributed by atoms with Crippen molar-refractivity contribution in [3.63, 3.8) is 0 Å². The minimum absolute atomic E-state index is 0.0437. The molecule has 2 N–H and O–H groups in total. The van der Waals surface area contributed by atoms with Crippen LogP contribution in [0.3, 0.4) is 0 Å². The molecule has 4 rings (SSSR count). The van der Waals surface area contributed by atoms with E-state index in [0.29, 0.717) is 15.7 Å². The molecule has 168 valence electrons. The van der Waals surface area contributed by atoms with Gasteiger partial charge < -0.3 is 5.32 Å². The first-order chi connectivity index (χ1) is 15.1. The Balaban J connectivity index is 1.55. The molecule has 2 aliphatic heterocycles. The summed E-state index contributed by atoms with van der Waals surface area (Å²) >= 11 is 14.5. The molecular weight excluding hydrogens is 533 g/mol. The molecule has 3 heterocycles. The zero-order valence-corrected chi connectivity index (χ0v) is 19.3. The lowest BCUT2D eigenvalue weighted by Crippen LogP contribution is -2.43. The van der Waals surface area contributed by atoms with Crippen LogP contribution < -0.4 is 10.8 Å². The van der Waals surface area contributed by atoms with Crippen molar-refractivity contribution >= 4 is 56.4 Å². The van der Waals surface area contributed by atoms with Crippen LogP contribution in [0.5, 0.6) is 0 Å². The number of thiocarbonyl (C=S) groups is 1. The second-order valence-corrected chi connectivity index (χ2v) is 9.17. The van der Waals surface area contributed by atoms with Crippen molar-refractivity contribution in [1.29, 1.82) is 0 Å². The number of carbonyl (C=O) groups excluding carboxylic acids is 1. The first-order valence-corrected chi connectivity index (χ1v) is 10.9. The smallest absolute Gasteiger partial charge is 0.362 e. The third kappa shape index (κ3) is 4.39. The maximum Gasteiger partial charge on any atom is 0.400 e. The zero-order valence-electron chi connectivity index (χ0n) is 16.2. The highest BCUT2D eigenvalue weighted by Crippen LogP contribution is 2.48. The van der Waals surface area contributed by atoms with E-state index in [1.807, 2.05) is 0 Å². The van der Waals surface area contributed by atoms with Gasteiger partial charge in [0.1, 0.15) is 23.1 Å². The van der Waals surface area contributed by atoms with Crippen LogP contribution >= 0.6 is 39.7 Å². The molecule has 0 bridgehead atoms. The Bertz CT molecular complexity index is 1090. The number of amides is 1. The van der Waals surface area contributed by atoms with Crippen LogP contribution in [-0.2, 0) is 15.0 Å². The highest BCUT2D eigenvalue weighted by atomic mass is 79.9. The van der Waals surface area contributed by atoms with Gasteiger partial charge in [-0.05, 0) is 35.9 Å². The largest absolute Gasteiger partial charge is 0.400 e. The summed E-state index contributed by atoms with van der Waals surface area (Å²) in [6.07, 6.45) is -3.47. The van der Waals surface area contributed by atoms with Gasteiger partial charge in [0.15, 0.2) is 0 Å². The lowest BCUT2D eigenvalue weighted by molar-refractivity contribution is -0.183. The van der Waals surface area contributed by atoms with Crippen molar-refractivity contribution in [2.75, 3.05) is 13.2 Å². The zero-order chi connectivity index (χ0) is 23.1. The third-order valence-corrected chi connectivity index (χ3v) is 6.36. The molecule has 12 heteroatoms. The Kier molecular flexibility index (Phi) is 6.27. The number of nitrogens with zero attached hydrogens (tertiary/aromatic N) is 2. The van der Waals surface area contributed by atoms with Crippen molar-refractivity contribution in [1.82, 2.24) is 15.8 Å². The fourth-order valence-corrected chi connectivity index (χ4v) is 4.69. The number of pyridine rings is 1. The number of aliphatic imine (C=N–C) groups is 1. The van der Waals surface area contributed by atoms with Crippen LogP contribution in [-0.4, -0.2) is 47.0 Å². The number of aromatic nitrogens is 1. The number of benzene rings is 1. The van der Waals surface area contributed by atoms with Gasteiger partial charge in [0.25, 0.3) is 5.91 Å². The van der Waals surface area contributed by atoms with Gasteiger partial charge in [-0.3, -0.25) is 19.6 Å². The molecule has 1 amide bonds. The number of alkyl halides is 3. The highest BCUT2D eigenvalue weighted by molar-refractivity contribution is 9.10. The maximum absolute atomic E-state index is 14.2. The van der Waals surface area contributed by atoms with E-state index < -0.39 is 24.2 Å². The number of carbonyl (C=O) groups is 1. The van der Waals surface area contributed by atoms with Crippen molar-refractivity contribution < 1.29 is 22.8 Å². The Morgan fingerprint density at radius 1 is 1.34 bits per heavy atom. The van der Waals surface area contributed by atoms with E-state index in [-0.39, 0.29) is 40.2 Å². The quantitative estimate of drug-likeness (QED) is 0.569. The molecule has 1 aromatic carbocycles. The predicted octanol–water partition coefficient (Wildman–Crippen LogP) is 3.89. The molecule has 2 aliphatic rings. The molecule has 1 saturated heterocycles. The first kappa shape index (κ1) is 23.1. The second kappa shape index (κ2) is 8.69. The number of hydroxylamine groups is 1. The molecule has 2 aromatic rings. The van der Waals surface area contributed by atoms with E-state index in [2.05, 4.69) is 36.7 Å². The van der Waals surface area contributed by atoms with E-state index in [4.69, 9.17) is 28.7 Å². The van der Waals surface area contributed by atoms with Gasteiger partial charge >= 0.3 is 6.18 Å². The monoisotopic (exact) mass is 546 g/mol. The van der Waals surface area contributed by atoms with E-state index in [9.17, 15) is 18.0 Å². The van der Waals surface area contributed by atoms with E-state index in [1.54, 1.807) is 12.1 Å². The Hall–Kier alpha value is -2.08. The summed E-state index contributed by atoms with van der Waals surface area (Å²) in [6.45, 7) is -0.334. The van der Waals surface area contributed by atoms with Gasteiger partial charge in [-0.2, -0.15) is 13.2 Å². The average molecular weight is 548 g/mol. The minimum Gasteiger partial charge on any atom is -0.362 e. The highest BCUT2D eigenvalue weighted by Gasteiger charge is 2.58. The standard InChI is InChI=1S/C20H15BrClF3N4O2S/c21-12-3-11(4-13(22)5-12)19(20(23,24)25)6-15(27-9-19)14-2-1-10(7-26-14)18(32)28-16-8-31-29-17(16)30/h1-5,7,16H,6,8-9H2,(H,28,32)(H,29,30). The lowest BCUT2D eigenvalue weighted by atomic mass is 9.77. The third-order valence-electron chi connectivity index (χ3n) is 5.33. The maximum atomic E-state index is 14.2. The van der Waals surface area contributed by atoms with Crippen LogP contribution in [0.1, 0.15) is 23.2 Å². The van der Waals surface area contributed by atoms with Crippen LogP contribution in [0.25, 0.3) is 0 Å². The molecule has 2 unspecified atom stereocenters. The molecular formula is C20H15BrClF3N4O2S. The molecule has 6 nitrogen and oxygen atoms in total. The summed E-state index contributed by atoms with van der Waals surface area (Å²) in [4.78, 5) is 25.1. The van der Waals surface area contributed by atoms with Crippen molar-refractivity contribution in [2.24, 2.45) is 4.99 Å². The van der Waals surface area contributed by atoms with Gasteiger partial charge in [-0.25, -0.2) is 5.48 Å². The SMILES string of the molecule is O=C1NOCC1NC(=S)c1ccc(C2=NCC(c3cc(Cl)cc(Br)c3)(C(F)(F)F)C2)nc1. The van der Waals surface area contributed by atoms with E-state index >= 15 is 0 Å².